The van der Waals surface area contributed by atoms with Crippen LogP contribution in [0, 0.1) is 13.8 Å². The number of nitrogen functional groups attached to an aromatic ring is 1. The zero-order valence-electron chi connectivity index (χ0n) is 32.1. The van der Waals surface area contributed by atoms with Crippen molar-refractivity contribution in [1.29, 1.82) is 0 Å². The molecule has 14 heteroatoms. The van der Waals surface area contributed by atoms with E-state index < -0.39 is 0 Å². The Balaban J connectivity index is 0.00000696. The number of amides is 2. The lowest BCUT2D eigenvalue weighted by Crippen LogP contribution is -2.30. The van der Waals surface area contributed by atoms with Crippen LogP contribution in [0.3, 0.4) is 0 Å². The molecule has 0 saturated carbocycles. The Morgan fingerprint density at radius 1 is 0.750 bits per heavy atom. The summed E-state index contributed by atoms with van der Waals surface area (Å²) in [5.74, 6) is 5.71. The van der Waals surface area contributed by atoms with Crippen LogP contribution in [0.5, 0.6) is 5.75 Å². The van der Waals surface area contributed by atoms with Crippen LogP contribution in [0.2, 0.25) is 0 Å². The van der Waals surface area contributed by atoms with E-state index >= 15 is 0 Å². The van der Waals surface area contributed by atoms with Gasteiger partial charge in [0, 0.05) is 48.8 Å². The highest BCUT2D eigenvalue weighted by Crippen LogP contribution is 2.28. The molecule has 6 N–H and O–H groups in total. The van der Waals surface area contributed by atoms with Gasteiger partial charge in [0.2, 0.25) is 5.91 Å². The molecule has 300 valence electrons. The Morgan fingerprint density at radius 3 is 2.14 bits per heavy atom. The van der Waals surface area contributed by atoms with Crippen molar-refractivity contribution in [2.24, 2.45) is 5.90 Å². The van der Waals surface area contributed by atoms with Crippen molar-refractivity contribution in [3.8, 4) is 5.75 Å². The minimum absolute atomic E-state index is 0. The maximum Gasteiger partial charge on any atom is 0.251 e. The van der Waals surface area contributed by atoms with E-state index in [4.69, 9.17) is 30.6 Å². The van der Waals surface area contributed by atoms with Gasteiger partial charge in [0.05, 0.1) is 31.9 Å². The lowest BCUT2D eigenvalue weighted by atomic mass is 9.99. The fraction of sp³-hybridized carbons (Fsp3) is 0.381. The van der Waals surface area contributed by atoms with Gasteiger partial charge >= 0.3 is 0 Å². The molecule has 3 aromatic carbocycles. The first-order valence-corrected chi connectivity index (χ1v) is 18.7. The summed E-state index contributed by atoms with van der Waals surface area (Å²) in [6, 6.07) is 22.1. The standard InChI is InChI=1S/C42H52N6O7.ClH/c1-29-5-14-36-37-25-32(26-47-40(37)41(43)48-38(36)23-29)8-9-33-12-13-35(24-30(33)2)54-27-31-6-10-34(11-7-31)42(50)46-16-4-18-52-20-22-53-21-19-51-17-3-15-45-39(49)28-55-44;/h5-7,10-14,23-26H,3-4,8-9,15-22,27-28,44H2,1-2H3,(H2,43,48)(H,45,49)(H,46,50);1H. The smallest absolute Gasteiger partial charge is 0.251 e. The van der Waals surface area contributed by atoms with E-state index in [1.165, 1.54) is 11.1 Å². The normalized spacial score (nSPS) is 11.1. The van der Waals surface area contributed by atoms with E-state index in [0.29, 0.717) is 83.6 Å². The predicted molar refractivity (Wildman–Crippen MR) is 220 cm³/mol. The average Bonchev–Trinajstić information content (AvgIpc) is 3.18. The number of aromatic nitrogens is 2. The van der Waals surface area contributed by atoms with Crippen LogP contribution in [0.15, 0.2) is 72.9 Å². The molecule has 0 spiro atoms. The van der Waals surface area contributed by atoms with Crippen LogP contribution >= 0.6 is 12.4 Å². The van der Waals surface area contributed by atoms with E-state index in [1.54, 1.807) is 0 Å². The Labute approximate surface area is 334 Å². The second-order valence-corrected chi connectivity index (χ2v) is 13.3. The summed E-state index contributed by atoms with van der Waals surface area (Å²) in [7, 11) is 0. The van der Waals surface area contributed by atoms with E-state index in [-0.39, 0.29) is 30.8 Å². The van der Waals surface area contributed by atoms with Crippen LogP contribution in [0.4, 0.5) is 5.82 Å². The van der Waals surface area contributed by atoms with Gasteiger partial charge in [0.15, 0.2) is 5.82 Å². The highest BCUT2D eigenvalue weighted by atomic mass is 35.5. The van der Waals surface area contributed by atoms with Gasteiger partial charge < -0.3 is 35.3 Å². The number of hydrogen-bond acceptors (Lipinski definition) is 11. The lowest BCUT2D eigenvalue weighted by molar-refractivity contribution is -0.125. The number of nitrogens with zero attached hydrogens (tertiary/aromatic N) is 2. The van der Waals surface area contributed by atoms with Gasteiger partial charge in [-0.05, 0) is 104 Å². The fourth-order valence-corrected chi connectivity index (χ4v) is 5.98. The van der Waals surface area contributed by atoms with Crippen LogP contribution in [-0.4, -0.2) is 81.1 Å². The SMILES string of the molecule is Cc1ccc2c(c1)nc(N)c1ncc(CCc3ccc(OCc4ccc(C(=O)NCCCOCCOCCOCCCNC(=O)CON)cc4)cc3C)cc12.Cl. The number of carbonyl (C=O) groups excluding carboxylic acids is 2. The van der Waals surface area contributed by atoms with E-state index in [2.05, 4.69) is 75.7 Å². The fourth-order valence-electron chi connectivity index (χ4n) is 5.98. The molecule has 2 aromatic heterocycles. The number of aryl methyl sites for hydroxylation is 4. The zero-order valence-corrected chi connectivity index (χ0v) is 33.0. The number of nitrogens with two attached hydrogens (primary N) is 2. The lowest BCUT2D eigenvalue weighted by Gasteiger charge is -2.12. The zero-order chi connectivity index (χ0) is 38.8. The summed E-state index contributed by atoms with van der Waals surface area (Å²) in [5, 5.41) is 7.69. The first-order chi connectivity index (χ1) is 26.8. The minimum atomic E-state index is -0.256. The maximum atomic E-state index is 12.6. The van der Waals surface area contributed by atoms with Gasteiger partial charge in [-0.3, -0.25) is 19.4 Å². The van der Waals surface area contributed by atoms with Crippen molar-refractivity contribution in [2.45, 2.75) is 46.1 Å². The number of carbonyl (C=O) groups is 2. The Bertz CT molecular complexity index is 2010. The molecular formula is C42H53ClN6O7. The molecule has 0 unspecified atom stereocenters. The summed E-state index contributed by atoms with van der Waals surface area (Å²) in [6.07, 6.45) is 5.00. The quantitative estimate of drug-likeness (QED) is 0.0381. The molecule has 56 heavy (non-hydrogen) atoms. The monoisotopic (exact) mass is 788 g/mol. The molecular weight excluding hydrogens is 736 g/mol. The first-order valence-electron chi connectivity index (χ1n) is 18.7. The summed E-state index contributed by atoms with van der Waals surface area (Å²) in [6.45, 7) is 8.31. The van der Waals surface area contributed by atoms with Crippen molar-refractivity contribution in [3.05, 3.63) is 106 Å². The third kappa shape index (κ3) is 13.7. The van der Waals surface area contributed by atoms with Crippen molar-refractivity contribution in [1.82, 2.24) is 20.6 Å². The molecule has 0 saturated heterocycles. The van der Waals surface area contributed by atoms with Gasteiger partial charge in [-0.1, -0.05) is 30.3 Å². The largest absolute Gasteiger partial charge is 0.489 e. The Morgan fingerprint density at radius 2 is 1.45 bits per heavy atom. The number of anilines is 1. The number of ether oxygens (including phenoxy) is 4. The highest BCUT2D eigenvalue weighted by molar-refractivity contribution is 6.08. The van der Waals surface area contributed by atoms with Gasteiger partial charge in [-0.15, -0.1) is 12.4 Å². The number of rotatable bonds is 23. The van der Waals surface area contributed by atoms with E-state index in [9.17, 15) is 9.59 Å². The molecule has 0 aliphatic heterocycles. The number of halogens is 1. The number of benzene rings is 3. The Hall–Kier alpha value is -4.89. The predicted octanol–water partition coefficient (Wildman–Crippen LogP) is 5.33. The third-order valence-electron chi connectivity index (χ3n) is 8.99. The molecule has 0 fully saturated rings. The molecule has 2 amide bonds. The topological polar surface area (TPSA) is 182 Å². The summed E-state index contributed by atoms with van der Waals surface area (Å²) in [5.41, 5.74) is 14.2. The molecule has 13 nitrogen and oxygen atoms in total. The summed E-state index contributed by atoms with van der Waals surface area (Å²) in [4.78, 5) is 37.3. The number of hydrogen-bond donors (Lipinski definition) is 4. The van der Waals surface area contributed by atoms with E-state index in [0.717, 1.165) is 57.1 Å². The number of pyridine rings is 2. The second-order valence-electron chi connectivity index (χ2n) is 13.3. The molecule has 0 aliphatic carbocycles. The molecule has 0 aliphatic rings. The Kier molecular flexibility index (Phi) is 18.2. The summed E-state index contributed by atoms with van der Waals surface area (Å²) >= 11 is 0. The first kappa shape index (κ1) is 43.8. The van der Waals surface area contributed by atoms with Gasteiger partial charge in [0.1, 0.15) is 24.5 Å². The highest BCUT2D eigenvalue weighted by Gasteiger charge is 2.11. The van der Waals surface area contributed by atoms with Crippen LogP contribution in [0.1, 0.15) is 51.0 Å². The molecule has 5 rings (SSSR count). The number of nitrogens with one attached hydrogen (secondary N) is 2. The molecule has 0 atom stereocenters. The molecule has 2 heterocycles. The van der Waals surface area contributed by atoms with Gasteiger partial charge in [-0.2, -0.15) is 0 Å². The minimum Gasteiger partial charge on any atom is -0.489 e. The van der Waals surface area contributed by atoms with Crippen LogP contribution in [0.25, 0.3) is 21.8 Å². The van der Waals surface area contributed by atoms with Crippen LogP contribution in [-0.2, 0) is 43.3 Å². The third-order valence-corrected chi connectivity index (χ3v) is 8.99. The second kappa shape index (κ2) is 23.2. The number of fused-ring (bicyclic) bond motifs is 3. The maximum absolute atomic E-state index is 12.6. The van der Waals surface area contributed by atoms with Crippen molar-refractivity contribution in [3.63, 3.8) is 0 Å². The van der Waals surface area contributed by atoms with Crippen molar-refractivity contribution < 1.29 is 33.4 Å². The molecule has 0 radical (unpaired) electrons. The van der Waals surface area contributed by atoms with E-state index in [1.807, 2.05) is 36.5 Å². The molecule has 0 bridgehead atoms. The van der Waals surface area contributed by atoms with Gasteiger partial charge in [-0.25, -0.2) is 10.9 Å². The van der Waals surface area contributed by atoms with Crippen LogP contribution < -0.4 is 27.0 Å². The van der Waals surface area contributed by atoms with Gasteiger partial charge in [0.25, 0.3) is 5.91 Å². The van der Waals surface area contributed by atoms with Crippen molar-refractivity contribution in [2.75, 3.05) is 65.1 Å². The summed E-state index contributed by atoms with van der Waals surface area (Å²) < 4.78 is 22.6. The van der Waals surface area contributed by atoms with Crippen molar-refractivity contribution >= 4 is 51.8 Å². The average molecular weight is 789 g/mol. The molecule has 5 aromatic rings.